The van der Waals surface area contributed by atoms with E-state index < -0.39 is 0 Å². The van der Waals surface area contributed by atoms with E-state index in [4.69, 9.17) is 5.73 Å². The molecule has 0 saturated heterocycles. The third-order valence-electron chi connectivity index (χ3n) is 2.68. The highest BCUT2D eigenvalue weighted by atomic mass is 16.1. The molecule has 1 aromatic heterocycles. The summed E-state index contributed by atoms with van der Waals surface area (Å²) < 4.78 is 0. The summed E-state index contributed by atoms with van der Waals surface area (Å²) in [5.41, 5.74) is 6.33. The Morgan fingerprint density at radius 1 is 1.24 bits per heavy atom. The van der Waals surface area contributed by atoms with Gasteiger partial charge in [-0.05, 0) is 31.5 Å². The molecule has 2 rings (SSSR count). The standard InChI is InChI=1S/C13H17N3O/c14-7-3-4-8-15-13-9-12(17)10-5-1-2-6-11(10)16-13/h1-2,5-6,9H,3-4,7-8,14H2,(H2,15,16,17). The van der Waals surface area contributed by atoms with E-state index in [2.05, 4.69) is 10.3 Å². The normalized spacial score (nSPS) is 10.6. The summed E-state index contributed by atoms with van der Waals surface area (Å²) in [6.07, 6.45) is 2.00. The van der Waals surface area contributed by atoms with Crippen molar-refractivity contribution in [2.75, 3.05) is 18.4 Å². The molecule has 0 saturated carbocycles. The predicted molar refractivity (Wildman–Crippen MR) is 71.3 cm³/mol. The van der Waals surface area contributed by atoms with Crippen molar-refractivity contribution in [3.63, 3.8) is 0 Å². The summed E-state index contributed by atoms with van der Waals surface area (Å²) in [6.45, 7) is 1.53. The maximum absolute atomic E-state index is 11.8. The van der Waals surface area contributed by atoms with Crippen molar-refractivity contribution in [2.24, 2.45) is 5.73 Å². The molecule has 0 fully saturated rings. The Balaban J connectivity index is 2.16. The zero-order valence-electron chi connectivity index (χ0n) is 9.70. The molecule has 0 aliphatic carbocycles. The third-order valence-corrected chi connectivity index (χ3v) is 2.68. The molecule has 1 heterocycles. The van der Waals surface area contributed by atoms with Gasteiger partial charge in [0.15, 0.2) is 5.43 Å². The summed E-state index contributed by atoms with van der Waals surface area (Å²) in [4.78, 5) is 15.0. The Labute approximate surface area is 99.8 Å². The minimum Gasteiger partial charge on any atom is -0.372 e. The molecule has 0 spiro atoms. The number of anilines is 1. The number of unbranched alkanes of at least 4 members (excludes halogenated alkanes) is 1. The van der Waals surface area contributed by atoms with Crippen LogP contribution < -0.4 is 16.5 Å². The molecule has 4 N–H and O–H groups in total. The Bertz CT molecular complexity index is 548. The molecule has 2 aromatic rings. The minimum absolute atomic E-state index is 0.0423. The van der Waals surface area contributed by atoms with E-state index >= 15 is 0 Å². The van der Waals surface area contributed by atoms with Crippen LogP contribution in [0.25, 0.3) is 10.9 Å². The second-order valence-electron chi connectivity index (χ2n) is 4.02. The number of nitrogens with two attached hydrogens (primary N) is 1. The Morgan fingerprint density at radius 3 is 2.88 bits per heavy atom. The van der Waals surface area contributed by atoms with Crippen LogP contribution in [0.5, 0.6) is 0 Å². The molecule has 90 valence electrons. The van der Waals surface area contributed by atoms with Gasteiger partial charge in [0.05, 0.1) is 5.52 Å². The molecule has 0 bridgehead atoms. The van der Waals surface area contributed by atoms with Crippen LogP contribution >= 0.6 is 0 Å². The van der Waals surface area contributed by atoms with Gasteiger partial charge in [-0.15, -0.1) is 0 Å². The van der Waals surface area contributed by atoms with Crippen molar-refractivity contribution in [3.8, 4) is 0 Å². The predicted octanol–water partition coefficient (Wildman–Crippen LogP) is 1.68. The molecule has 17 heavy (non-hydrogen) atoms. The number of nitrogens with one attached hydrogen (secondary N) is 2. The van der Waals surface area contributed by atoms with E-state index in [0.29, 0.717) is 6.54 Å². The number of aromatic nitrogens is 1. The largest absolute Gasteiger partial charge is 0.372 e. The van der Waals surface area contributed by atoms with Crippen LogP contribution in [0.1, 0.15) is 12.8 Å². The first-order valence-electron chi connectivity index (χ1n) is 5.87. The summed E-state index contributed by atoms with van der Waals surface area (Å²) in [5, 5.41) is 3.92. The Kier molecular flexibility index (Phi) is 3.77. The van der Waals surface area contributed by atoms with Crippen molar-refractivity contribution >= 4 is 16.7 Å². The highest BCUT2D eigenvalue weighted by Gasteiger charge is 2.00. The second kappa shape index (κ2) is 5.50. The number of fused-ring (bicyclic) bond motifs is 1. The number of H-pyrrole nitrogens is 1. The highest BCUT2D eigenvalue weighted by Crippen LogP contribution is 2.09. The number of hydrogen-bond donors (Lipinski definition) is 3. The average Bonchev–Trinajstić information content (AvgIpc) is 2.35. The van der Waals surface area contributed by atoms with Crippen molar-refractivity contribution in [1.29, 1.82) is 0 Å². The monoisotopic (exact) mass is 231 g/mol. The molecule has 0 aliphatic heterocycles. The first-order chi connectivity index (χ1) is 8.31. The van der Waals surface area contributed by atoms with E-state index in [1.165, 1.54) is 0 Å². The molecule has 0 amide bonds. The minimum atomic E-state index is 0.0423. The van der Waals surface area contributed by atoms with Crippen LogP contribution in [-0.4, -0.2) is 18.1 Å². The van der Waals surface area contributed by atoms with Gasteiger partial charge in [-0.1, -0.05) is 12.1 Å². The number of para-hydroxylation sites is 1. The molecular formula is C13H17N3O. The lowest BCUT2D eigenvalue weighted by molar-refractivity contribution is 0.772. The lowest BCUT2D eigenvalue weighted by atomic mass is 10.2. The van der Waals surface area contributed by atoms with Crippen LogP contribution in [0, 0.1) is 0 Å². The van der Waals surface area contributed by atoms with Gasteiger partial charge in [0, 0.05) is 18.0 Å². The molecule has 0 unspecified atom stereocenters. The lowest BCUT2D eigenvalue weighted by Gasteiger charge is -2.07. The Morgan fingerprint density at radius 2 is 2.06 bits per heavy atom. The smallest absolute Gasteiger partial charge is 0.191 e. The first kappa shape index (κ1) is 11.7. The second-order valence-corrected chi connectivity index (χ2v) is 4.02. The van der Waals surface area contributed by atoms with Crippen molar-refractivity contribution in [2.45, 2.75) is 12.8 Å². The van der Waals surface area contributed by atoms with E-state index in [-0.39, 0.29) is 5.43 Å². The zero-order chi connectivity index (χ0) is 12.1. The number of benzene rings is 1. The van der Waals surface area contributed by atoms with E-state index in [9.17, 15) is 4.79 Å². The Hall–Kier alpha value is -1.81. The van der Waals surface area contributed by atoms with Gasteiger partial charge in [0.25, 0.3) is 0 Å². The van der Waals surface area contributed by atoms with Crippen LogP contribution in [0.15, 0.2) is 35.1 Å². The quantitative estimate of drug-likeness (QED) is 0.686. The van der Waals surface area contributed by atoms with Crippen LogP contribution in [0.2, 0.25) is 0 Å². The SMILES string of the molecule is NCCCCNc1cc(=O)c2ccccc2[nH]1. The fraction of sp³-hybridized carbons (Fsp3) is 0.308. The first-order valence-corrected chi connectivity index (χ1v) is 5.87. The van der Waals surface area contributed by atoms with Gasteiger partial charge < -0.3 is 16.0 Å². The van der Waals surface area contributed by atoms with Gasteiger partial charge in [-0.25, -0.2) is 0 Å². The van der Waals surface area contributed by atoms with Crippen LogP contribution in [0.3, 0.4) is 0 Å². The molecule has 0 aliphatic rings. The molecule has 1 aromatic carbocycles. The van der Waals surface area contributed by atoms with Gasteiger partial charge in [-0.3, -0.25) is 4.79 Å². The molecule has 0 radical (unpaired) electrons. The summed E-state index contributed by atoms with van der Waals surface area (Å²) in [7, 11) is 0. The summed E-state index contributed by atoms with van der Waals surface area (Å²) in [5.74, 6) is 0.769. The summed E-state index contributed by atoms with van der Waals surface area (Å²) in [6, 6.07) is 9.11. The fourth-order valence-electron chi connectivity index (χ4n) is 1.78. The highest BCUT2D eigenvalue weighted by molar-refractivity contribution is 5.79. The molecule has 4 heteroatoms. The number of hydrogen-bond acceptors (Lipinski definition) is 3. The fourth-order valence-corrected chi connectivity index (χ4v) is 1.78. The van der Waals surface area contributed by atoms with Crippen molar-refractivity contribution in [3.05, 3.63) is 40.6 Å². The maximum Gasteiger partial charge on any atom is 0.191 e. The summed E-state index contributed by atoms with van der Waals surface area (Å²) >= 11 is 0. The lowest BCUT2D eigenvalue weighted by Crippen LogP contribution is -2.10. The molecule has 0 atom stereocenters. The maximum atomic E-state index is 11.8. The number of pyridine rings is 1. The van der Waals surface area contributed by atoms with E-state index in [1.807, 2.05) is 24.3 Å². The molecular weight excluding hydrogens is 214 g/mol. The number of aromatic amines is 1. The van der Waals surface area contributed by atoms with Gasteiger partial charge in [0.2, 0.25) is 0 Å². The topological polar surface area (TPSA) is 70.9 Å². The van der Waals surface area contributed by atoms with Crippen LogP contribution in [0.4, 0.5) is 5.82 Å². The zero-order valence-corrected chi connectivity index (χ0v) is 9.70. The van der Waals surface area contributed by atoms with Crippen molar-refractivity contribution in [1.82, 2.24) is 4.98 Å². The van der Waals surface area contributed by atoms with Crippen LogP contribution in [-0.2, 0) is 0 Å². The van der Waals surface area contributed by atoms with Crippen molar-refractivity contribution < 1.29 is 0 Å². The van der Waals surface area contributed by atoms with Gasteiger partial charge >= 0.3 is 0 Å². The van der Waals surface area contributed by atoms with Gasteiger partial charge in [0.1, 0.15) is 5.82 Å². The average molecular weight is 231 g/mol. The molecule has 4 nitrogen and oxygen atoms in total. The number of rotatable bonds is 5. The van der Waals surface area contributed by atoms with Gasteiger partial charge in [-0.2, -0.15) is 0 Å². The third kappa shape index (κ3) is 2.85. The van der Waals surface area contributed by atoms with E-state index in [0.717, 1.165) is 36.1 Å². The van der Waals surface area contributed by atoms with E-state index in [1.54, 1.807) is 6.07 Å².